The van der Waals surface area contributed by atoms with Crippen molar-refractivity contribution in [1.29, 1.82) is 0 Å². The Kier molecular flexibility index (Phi) is 6.88. The summed E-state index contributed by atoms with van der Waals surface area (Å²) < 4.78 is 5.03. The predicted molar refractivity (Wildman–Crippen MR) is 79.8 cm³/mol. The molecule has 1 aromatic carbocycles. The molecule has 0 atom stereocenters. The van der Waals surface area contributed by atoms with Crippen molar-refractivity contribution in [3.63, 3.8) is 0 Å². The Balaban J connectivity index is 2.42. The van der Waals surface area contributed by atoms with E-state index in [4.69, 9.17) is 9.84 Å². The summed E-state index contributed by atoms with van der Waals surface area (Å²) in [5.41, 5.74) is 0.403. The van der Waals surface area contributed by atoms with E-state index in [-0.39, 0.29) is 24.8 Å². The molecule has 0 unspecified atom stereocenters. The molecule has 2 N–H and O–H groups in total. The summed E-state index contributed by atoms with van der Waals surface area (Å²) in [7, 11) is 3.08. The number of aliphatic carboxylic acids is 1. The molecule has 0 radical (unpaired) electrons. The monoisotopic (exact) mass is 308 g/mol. The first-order valence-electron chi connectivity index (χ1n) is 6.82. The van der Waals surface area contributed by atoms with Crippen molar-refractivity contribution in [2.75, 3.05) is 27.2 Å². The van der Waals surface area contributed by atoms with Crippen molar-refractivity contribution in [3.8, 4) is 5.75 Å². The maximum absolute atomic E-state index is 11.9. The van der Waals surface area contributed by atoms with Gasteiger partial charge in [0.05, 0.1) is 13.7 Å². The fraction of sp³-hybridized carbons (Fsp3) is 0.400. The van der Waals surface area contributed by atoms with E-state index in [1.54, 1.807) is 31.3 Å². The summed E-state index contributed by atoms with van der Waals surface area (Å²) in [4.78, 5) is 35.5. The number of carbonyl (C=O) groups is 3. The number of carbonyl (C=O) groups excluding carboxylic acids is 2. The van der Waals surface area contributed by atoms with E-state index >= 15 is 0 Å². The number of methoxy groups -OCH3 is 1. The number of hydrogen-bond donors (Lipinski definition) is 2. The van der Waals surface area contributed by atoms with Gasteiger partial charge in [-0.15, -0.1) is 0 Å². The fourth-order valence-electron chi connectivity index (χ4n) is 1.75. The maximum atomic E-state index is 11.9. The van der Waals surface area contributed by atoms with Crippen LogP contribution in [0.5, 0.6) is 5.75 Å². The van der Waals surface area contributed by atoms with Crippen LogP contribution in [0.1, 0.15) is 23.2 Å². The highest BCUT2D eigenvalue weighted by Crippen LogP contribution is 2.12. The second kappa shape index (κ2) is 8.66. The van der Waals surface area contributed by atoms with Crippen molar-refractivity contribution in [2.45, 2.75) is 12.8 Å². The first-order chi connectivity index (χ1) is 10.4. The van der Waals surface area contributed by atoms with Crippen molar-refractivity contribution in [3.05, 3.63) is 29.8 Å². The van der Waals surface area contributed by atoms with Crippen LogP contribution in [0.25, 0.3) is 0 Å². The standard InChI is InChI=1S/C15H20N2O5/c1-17(8-4-7-14(19)20)13(18)10-16-15(21)11-5-3-6-12(9-11)22-2/h3,5-6,9H,4,7-8,10H2,1-2H3,(H,16,21)(H,19,20). The van der Waals surface area contributed by atoms with E-state index in [9.17, 15) is 14.4 Å². The molecule has 0 aromatic heterocycles. The topological polar surface area (TPSA) is 95.9 Å². The van der Waals surface area contributed by atoms with E-state index in [2.05, 4.69) is 5.32 Å². The van der Waals surface area contributed by atoms with Gasteiger partial charge < -0.3 is 20.1 Å². The molecule has 0 aliphatic carbocycles. The average molecular weight is 308 g/mol. The minimum absolute atomic E-state index is 0.00773. The summed E-state index contributed by atoms with van der Waals surface area (Å²) in [6.07, 6.45) is 0.384. The van der Waals surface area contributed by atoms with Crippen LogP contribution in [-0.2, 0) is 9.59 Å². The lowest BCUT2D eigenvalue weighted by Crippen LogP contribution is -2.38. The van der Waals surface area contributed by atoms with Gasteiger partial charge in [-0.2, -0.15) is 0 Å². The first-order valence-corrected chi connectivity index (χ1v) is 6.82. The SMILES string of the molecule is COc1cccc(C(=O)NCC(=O)N(C)CCCC(=O)O)c1. The third kappa shape index (κ3) is 5.82. The lowest BCUT2D eigenvalue weighted by Gasteiger charge is -2.17. The van der Waals surface area contributed by atoms with Crippen LogP contribution in [-0.4, -0.2) is 55.0 Å². The van der Waals surface area contributed by atoms with Crippen molar-refractivity contribution >= 4 is 17.8 Å². The van der Waals surface area contributed by atoms with Gasteiger partial charge in [-0.25, -0.2) is 0 Å². The van der Waals surface area contributed by atoms with Crippen LogP contribution >= 0.6 is 0 Å². The second-order valence-electron chi connectivity index (χ2n) is 4.73. The molecule has 2 amide bonds. The number of carboxylic acid groups (broad SMARTS) is 1. The van der Waals surface area contributed by atoms with Crippen LogP contribution in [0.3, 0.4) is 0 Å². The number of hydrogen-bond acceptors (Lipinski definition) is 4. The van der Waals surface area contributed by atoms with Gasteiger partial charge in [0, 0.05) is 25.6 Å². The van der Waals surface area contributed by atoms with Gasteiger partial charge in [0.2, 0.25) is 5.91 Å². The second-order valence-corrected chi connectivity index (χ2v) is 4.73. The van der Waals surface area contributed by atoms with E-state index < -0.39 is 5.97 Å². The summed E-state index contributed by atoms with van der Waals surface area (Å²) in [6, 6.07) is 6.61. The molecule has 22 heavy (non-hydrogen) atoms. The van der Waals surface area contributed by atoms with E-state index in [0.29, 0.717) is 24.3 Å². The third-order valence-electron chi connectivity index (χ3n) is 3.04. The molecule has 0 saturated carbocycles. The molecule has 7 heteroatoms. The van der Waals surface area contributed by atoms with Gasteiger partial charge in [-0.3, -0.25) is 14.4 Å². The zero-order valence-electron chi connectivity index (χ0n) is 12.7. The number of likely N-dealkylation sites (N-methyl/N-ethyl adjacent to an activating group) is 1. The van der Waals surface area contributed by atoms with Gasteiger partial charge in [0.25, 0.3) is 5.91 Å². The van der Waals surface area contributed by atoms with Crippen LogP contribution in [0.4, 0.5) is 0 Å². The van der Waals surface area contributed by atoms with E-state index in [1.807, 2.05) is 0 Å². The van der Waals surface area contributed by atoms with E-state index in [1.165, 1.54) is 12.0 Å². The number of rotatable bonds is 8. The van der Waals surface area contributed by atoms with Crippen LogP contribution in [0.15, 0.2) is 24.3 Å². The largest absolute Gasteiger partial charge is 0.497 e. The normalized spacial score (nSPS) is 9.91. The fourth-order valence-corrected chi connectivity index (χ4v) is 1.75. The van der Waals surface area contributed by atoms with Gasteiger partial charge >= 0.3 is 5.97 Å². The van der Waals surface area contributed by atoms with Gasteiger partial charge in [0.1, 0.15) is 5.75 Å². The Bertz CT molecular complexity index is 544. The number of nitrogens with one attached hydrogen (secondary N) is 1. The van der Waals surface area contributed by atoms with Crippen molar-refractivity contribution in [2.24, 2.45) is 0 Å². The molecule has 0 aliphatic rings. The Morgan fingerprint density at radius 1 is 1.32 bits per heavy atom. The van der Waals surface area contributed by atoms with E-state index in [0.717, 1.165) is 0 Å². The summed E-state index contributed by atoms with van der Waals surface area (Å²) in [6.45, 7) is 0.194. The molecule has 0 heterocycles. The number of ether oxygens (including phenoxy) is 1. The number of nitrogens with zero attached hydrogens (tertiary/aromatic N) is 1. The minimum atomic E-state index is -0.896. The lowest BCUT2D eigenvalue weighted by molar-refractivity contribution is -0.137. The molecule has 1 aromatic rings. The Morgan fingerprint density at radius 3 is 2.68 bits per heavy atom. The highest BCUT2D eigenvalue weighted by molar-refractivity contribution is 5.96. The molecule has 7 nitrogen and oxygen atoms in total. The van der Waals surface area contributed by atoms with Crippen LogP contribution in [0, 0.1) is 0 Å². The summed E-state index contributed by atoms with van der Waals surface area (Å²) >= 11 is 0. The Hall–Kier alpha value is -2.57. The molecular formula is C15H20N2O5. The molecule has 0 bridgehead atoms. The molecule has 0 spiro atoms. The summed E-state index contributed by atoms with van der Waals surface area (Å²) in [5, 5.41) is 11.1. The lowest BCUT2D eigenvalue weighted by atomic mass is 10.2. The van der Waals surface area contributed by atoms with Gasteiger partial charge in [-0.1, -0.05) is 6.07 Å². The van der Waals surface area contributed by atoms with Crippen LogP contribution in [0.2, 0.25) is 0 Å². The zero-order valence-corrected chi connectivity index (χ0v) is 12.7. The highest BCUT2D eigenvalue weighted by atomic mass is 16.5. The molecule has 0 saturated heterocycles. The molecular weight excluding hydrogens is 288 g/mol. The highest BCUT2D eigenvalue weighted by Gasteiger charge is 2.12. The van der Waals surface area contributed by atoms with Crippen molar-refractivity contribution < 1.29 is 24.2 Å². The summed E-state index contributed by atoms with van der Waals surface area (Å²) in [5.74, 6) is -0.982. The Morgan fingerprint density at radius 2 is 2.05 bits per heavy atom. The third-order valence-corrected chi connectivity index (χ3v) is 3.04. The Labute approximate surface area is 128 Å². The molecule has 0 fully saturated rings. The van der Waals surface area contributed by atoms with Gasteiger partial charge in [-0.05, 0) is 24.6 Å². The molecule has 120 valence electrons. The number of amides is 2. The predicted octanol–water partition coefficient (Wildman–Crippen LogP) is 0.748. The smallest absolute Gasteiger partial charge is 0.303 e. The first kappa shape index (κ1) is 17.5. The maximum Gasteiger partial charge on any atom is 0.303 e. The molecule has 1 rings (SSSR count). The number of benzene rings is 1. The van der Waals surface area contributed by atoms with Gasteiger partial charge in [0.15, 0.2) is 0 Å². The molecule has 0 aliphatic heterocycles. The zero-order chi connectivity index (χ0) is 16.5. The minimum Gasteiger partial charge on any atom is -0.497 e. The van der Waals surface area contributed by atoms with Crippen molar-refractivity contribution in [1.82, 2.24) is 10.2 Å². The quantitative estimate of drug-likeness (QED) is 0.739. The van der Waals surface area contributed by atoms with Crippen LogP contribution < -0.4 is 10.1 Å². The number of carboxylic acids is 1. The average Bonchev–Trinajstić information content (AvgIpc) is 2.51.